The van der Waals surface area contributed by atoms with Crippen LogP contribution in [0.2, 0.25) is 0 Å². The highest BCUT2D eigenvalue weighted by Crippen LogP contribution is 2.50. The average molecular weight is 363 g/mol. The van der Waals surface area contributed by atoms with E-state index in [2.05, 4.69) is 5.73 Å². The van der Waals surface area contributed by atoms with Gasteiger partial charge in [0, 0.05) is 11.3 Å². The zero-order valence-corrected chi connectivity index (χ0v) is 17.3. The van der Waals surface area contributed by atoms with Gasteiger partial charge in [-0.2, -0.15) is 0 Å². The summed E-state index contributed by atoms with van der Waals surface area (Å²) in [7, 11) is 0. The highest BCUT2D eigenvalue weighted by atomic mass is 16.5. The molecule has 2 bridgehead atoms. The predicted octanol–water partition coefficient (Wildman–Crippen LogP) is 4.68. The molecule has 4 nitrogen and oxygen atoms in total. The fraction of sp³-hybridized carbons (Fsp3) is 0.773. The summed E-state index contributed by atoms with van der Waals surface area (Å²) in [5.74, 6) is 0.329. The summed E-state index contributed by atoms with van der Waals surface area (Å²) >= 11 is 0. The summed E-state index contributed by atoms with van der Waals surface area (Å²) < 4.78 is 11.3. The maximum Gasteiger partial charge on any atom is 0.342 e. The number of rotatable bonds is 5. The van der Waals surface area contributed by atoms with Gasteiger partial charge in [0.25, 0.3) is 0 Å². The first-order valence-electron chi connectivity index (χ1n) is 9.81. The van der Waals surface area contributed by atoms with E-state index in [1.165, 1.54) is 0 Å². The van der Waals surface area contributed by atoms with E-state index < -0.39 is 0 Å². The number of esters is 2. The van der Waals surface area contributed by atoms with Gasteiger partial charge < -0.3 is 9.47 Å². The maximum atomic E-state index is 12.8. The molecule has 0 radical (unpaired) electrons. The molecule has 0 aromatic carbocycles. The van der Waals surface area contributed by atoms with E-state index >= 15 is 0 Å². The normalized spacial score (nSPS) is 27.2. The van der Waals surface area contributed by atoms with Gasteiger partial charge in [-0.15, -0.1) is 5.73 Å². The molecule has 2 saturated carbocycles. The van der Waals surface area contributed by atoms with Crippen LogP contribution in [-0.2, 0) is 19.1 Å². The molecule has 26 heavy (non-hydrogen) atoms. The maximum absolute atomic E-state index is 12.8. The van der Waals surface area contributed by atoms with Crippen molar-refractivity contribution in [1.82, 2.24) is 0 Å². The van der Waals surface area contributed by atoms with E-state index in [1.54, 1.807) is 0 Å². The van der Waals surface area contributed by atoms with Crippen molar-refractivity contribution in [3.05, 3.63) is 16.9 Å². The largest absolute Gasteiger partial charge is 0.465 e. The molecular weight excluding hydrogens is 328 g/mol. The lowest BCUT2D eigenvalue weighted by Crippen LogP contribution is -2.35. The van der Waals surface area contributed by atoms with Crippen LogP contribution in [-0.4, -0.2) is 24.6 Å². The Morgan fingerprint density at radius 3 is 2.27 bits per heavy atom. The fourth-order valence-corrected chi connectivity index (χ4v) is 4.04. The second-order valence-electron chi connectivity index (χ2n) is 9.56. The van der Waals surface area contributed by atoms with Gasteiger partial charge in [0.1, 0.15) is 6.10 Å². The Balaban J connectivity index is 2.07. The number of carbonyl (C=O) groups is 2. The number of carbonyl (C=O) groups excluding carboxylic acids is 2. The van der Waals surface area contributed by atoms with Gasteiger partial charge in [0.05, 0.1) is 18.1 Å². The van der Waals surface area contributed by atoms with Gasteiger partial charge >= 0.3 is 11.9 Å². The van der Waals surface area contributed by atoms with Crippen LogP contribution in [0.5, 0.6) is 0 Å². The van der Waals surface area contributed by atoms with Crippen molar-refractivity contribution in [2.24, 2.45) is 29.1 Å². The topological polar surface area (TPSA) is 52.6 Å². The van der Waals surface area contributed by atoms with Gasteiger partial charge in [0.2, 0.25) is 0 Å². The molecule has 2 rings (SSSR count). The molecule has 4 heteroatoms. The summed E-state index contributed by atoms with van der Waals surface area (Å²) in [6.07, 6.45) is 2.49. The van der Waals surface area contributed by atoms with Gasteiger partial charge in [-0.05, 0) is 50.5 Å². The lowest BCUT2D eigenvalue weighted by Gasteiger charge is -2.29. The Bertz CT molecular complexity index is 613. The van der Waals surface area contributed by atoms with Crippen LogP contribution in [0.3, 0.4) is 0 Å². The van der Waals surface area contributed by atoms with Gasteiger partial charge in [-0.1, -0.05) is 34.6 Å². The third-order valence-electron chi connectivity index (χ3n) is 5.20. The predicted molar refractivity (Wildman–Crippen MR) is 101 cm³/mol. The third-order valence-corrected chi connectivity index (χ3v) is 5.20. The molecule has 0 aromatic rings. The first-order valence-corrected chi connectivity index (χ1v) is 9.81. The molecular formula is C22H34O4. The van der Waals surface area contributed by atoms with Crippen LogP contribution in [0.25, 0.3) is 0 Å². The zero-order chi connectivity index (χ0) is 19.6. The number of hydrogen-bond acceptors (Lipinski definition) is 4. The second-order valence-corrected chi connectivity index (χ2v) is 9.56. The molecule has 146 valence electrons. The van der Waals surface area contributed by atoms with E-state index in [-0.39, 0.29) is 35.3 Å². The van der Waals surface area contributed by atoms with Crippen molar-refractivity contribution in [3.8, 4) is 0 Å². The lowest BCUT2D eigenvalue weighted by molar-refractivity contribution is -0.159. The molecule has 2 aliphatic carbocycles. The fourth-order valence-electron chi connectivity index (χ4n) is 4.04. The van der Waals surface area contributed by atoms with Crippen molar-refractivity contribution < 1.29 is 19.1 Å². The van der Waals surface area contributed by atoms with Crippen molar-refractivity contribution in [2.45, 2.75) is 73.8 Å². The lowest BCUT2D eigenvalue weighted by atomic mass is 9.85. The SMILES string of the molecule is CC(C)=C=C(C(=O)OC1CC2CC(C(=O)OCC(C)C)C1C2)C(C)(C)C. The molecule has 0 spiro atoms. The second kappa shape index (κ2) is 8.00. The molecule has 2 aliphatic rings. The minimum atomic E-state index is -0.332. The Morgan fingerprint density at radius 2 is 1.77 bits per heavy atom. The Hall–Kier alpha value is -1.54. The van der Waals surface area contributed by atoms with Crippen molar-refractivity contribution in [1.29, 1.82) is 0 Å². The molecule has 0 aromatic heterocycles. The van der Waals surface area contributed by atoms with Crippen LogP contribution in [0, 0.1) is 29.1 Å². The van der Waals surface area contributed by atoms with E-state index in [9.17, 15) is 9.59 Å². The molecule has 4 atom stereocenters. The first-order chi connectivity index (χ1) is 12.0. The summed E-state index contributed by atoms with van der Waals surface area (Å²) in [6.45, 7) is 14.3. The summed E-state index contributed by atoms with van der Waals surface area (Å²) in [5, 5.41) is 0. The van der Waals surface area contributed by atoms with E-state index in [0.29, 0.717) is 24.0 Å². The van der Waals surface area contributed by atoms with Crippen LogP contribution in [0.1, 0.15) is 67.7 Å². The summed E-state index contributed by atoms with van der Waals surface area (Å²) in [6, 6.07) is 0. The molecule has 0 amide bonds. The Morgan fingerprint density at radius 1 is 1.12 bits per heavy atom. The van der Waals surface area contributed by atoms with Gasteiger partial charge in [0.15, 0.2) is 0 Å². The van der Waals surface area contributed by atoms with Crippen molar-refractivity contribution in [3.63, 3.8) is 0 Å². The molecule has 0 aliphatic heterocycles. The van der Waals surface area contributed by atoms with Crippen LogP contribution >= 0.6 is 0 Å². The monoisotopic (exact) mass is 362 g/mol. The summed E-state index contributed by atoms with van der Waals surface area (Å²) in [5.41, 5.74) is 4.36. The number of ether oxygens (including phenoxy) is 2. The smallest absolute Gasteiger partial charge is 0.342 e. The molecule has 4 unspecified atom stereocenters. The number of hydrogen-bond donors (Lipinski definition) is 0. The Labute approximate surface area is 158 Å². The molecule has 0 heterocycles. The van der Waals surface area contributed by atoms with Crippen LogP contribution in [0.15, 0.2) is 16.9 Å². The summed E-state index contributed by atoms with van der Waals surface area (Å²) in [4.78, 5) is 25.2. The quantitative estimate of drug-likeness (QED) is 0.405. The highest BCUT2D eigenvalue weighted by molar-refractivity contribution is 5.89. The van der Waals surface area contributed by atoms with Gasteiger partial charge in [-0.3, -0.25) is 4.79 Å². The van der Waals surface area contributed by atoms with Crippen LogP contribution in [0.4, 0.5) is 0 Å². The average Bonchev–Trinajstić information content (AvgIpc) is 3.08. The molecule has 2 fully saturated rings. The third kappa shape index (κ3) is 5.01. The van der Waals surface area contributed by atoms with Crippen molar-refractivity contribution >= 4 is 11.9 Å². The standard InChI is InChI=1S/C22H34O4/c1-13(2)8-18(22(5,6)7)21(24)26-19-11-15-9-16(19)17(10-15)20(23)25-12-14(3)4/h14-17,19H,9-12H2,1-7H3. The van der Waals surface area contributed by atoms with E-state index in [4.69, 9.17) is 9.47 Å². The first kappa shape index (κ1) is 20.8. The van der Waals surface area contributed by atoms with E-state index in [0.717, 1.165) is 24.8 Å². The molecule has 0 saturated heterocycles. The molecule has 0 N–H and O–H groups in total. The van der Waals surface area contributed by atoms with E-state index in [1.807, 2.05) is 48.5 Å². The minimum Gasteiger partial charge on any atom is -0.465 e. The minimum absolute atomic E-state index is 0.0940. The van der Waals surface area contributed by atoms with Gasteiger partial charge in [-0.25, -0.2) is 4.79 Å². The zero-order valence-electron chi connectivity index (χ0n) is 17.3. The Kier molecular flexibility index (Phi) is 6.39. The highest BCUT2D eigenvalue weighted by Gasteiger charge is 2.51. The number of fused-ring (bicyclic) bond motifs is 2. The van der Waals surface area contributed by atoms with Crippen LogP contribution < -0.4 is 0 Å². The van der Waals surface area contributed by atoms with Crippen molar-refractivity contribution in [2.75, 3.05) is 6.61 Å².